The van der Waals surface area contributed by atoms with Crippen molar-refractivity contribution < 1.29 is 4.79 Å². The van der Waals surface area contributed by atoms with Crippen LogP contribution in [0.2, 0.25) is 0 Å². The molecule has 1 saturated heterocycles. The van der Waals surface area contributed by atoms with Crippen molar-refractivity contribution in [3.63, 3.8) is 0 Å². The number of pyridine rings is 1. The molecule has 0 saturated carbocycles. The molecule has 1 atom stereocenters. The summed E-state index contributed by atoms with van der Waals surface area (Å²) < 4.78 is 0. The van der Waals surface area contributed by atoms with Crippen molar-refractivity contribution in [2.75, 3.05) is 32.1 Å². The molecule has 0 radical (unpaired) electrons. The fourth-order valence-electron chi connectivity index (χ4n) is 2.72. The Morgan fingerprint density at radius 3 is 2.71 bits per heavy atom. The van der Waals surface area contributed by atoms with Gasteiger partial charge in [0, 0.05) is 23.5 Å². The second-order valence-electron chi connectivity index (χ2n) is 5.94. The highest BCUT2D eigenvalue weighted by Gasteiger charge is 2.37. The summed E-state index contributed by atoms with van der Waals surface area (Å²) in [5.74, 6) is 1.83. The summed E-state index contributed by atoms with van der Waals surface area (Å²) in [4.78, 5) is 29.2. The number of thioether (sulfide) groups is 1. The molecule has 1 aliphatic rings. The summed E-state index contributed by atoms with van der Waals surface area (Å²) in [6.07, 6.45) is 1.05. The first-order valence-corrected chi connectivity index (χ1v) is 8.25. The molecular formula is C15H23N3O2S. The maximum absolute atomic E-state index is 12.4. The standard InChI is InChI=1S/C15H23N3O2S/c1-10-7-11(2)17-14(20)12(10)13(19)16-8-15(18(3)4)5-6-21-9-15/h7H,5-6,8-9H2,1-4H3,(H,16,19)(H,17,20). The van der Waals surface area contributed by atoms with E-state index in [1.165, 1.54) is 0 Å². The van der Waals surface area contributed by atoms with Gasteiger partial charge < -0.3 is 15.2 Å². The van der Waals surface area contributed by atoms with Gasteiger partial charge >= 0.3 is 0 Å². The number of carbonyl (C=O) groups is 1. The van der Waals surface area contributed by atoms with E-state index in [1.54, 1.807) is 6.92 Å². The first-order valence-electron chi connectivity index (χ1n) is 7.10. The maximum atomic E-state index is 12.4. The number of amides is 1. The van der Waals surface area contributed by atoms with Gasteiger partial charge in [0.25, 0.3) is 11.5 Å². The highest BCUT2D eigenvalue weighted by molar-refractivity contribution is 7.99. The number of aryl methyl sites for hydroxylation is 2. The summed E-state index contributed by atoms with van der Waals surface area (Å²) in [5, 5.41) is 2.95. The van der Waals surface area contributed by atoms with Crippen LogP contribution in [0, 0.1) is 13.8 Å². The molecule has 0 aromatic carbocycles. The van der Waals surface area contributed by atoms with Crippen molar-refractivity contribution in [2.45, 2.75) is 25.8 Å². The molecule has 5 nitrogen and oxygen atoms in total. The molecule has 1 amide bonds. The lowest BCUT2D eigenvalue weighted by Crippen LogP contribution is -2.53. The smallest absolute Gasteiger partial charge is 0.261 e. The zero-order valence-electron chi connectivity index (χ0n) is 13.1. The van der Waals surface area contributed by atoms with Crippen LogP contribution >= 0.6 is 11.8 Å². The van der Waals surface area contributed by atoms with Crippen LogP contribution in [0.25, 0.3) is 0 Å². The SMILES string of the molecule is Cc1cc(C)c(C(=O)NCC2(N(C)C)CCSC2)c(=O)[nH]1. The van der Waals surface area contributed by atoms with Crippen molar-refractivity contribution in [3.8, 4) is 0 Å². The first kappa shape index (κ1) is 16.1. The van der Waals surface area contributed by atoms with Crippen LogP contribution in [0.15, 0.2) is 10.9 Å². The van der Waals surface area contributed by atoms with E-state index in [0.717, 1.165) is 23.6 Å². The molecule has 2 heterocycles. The van der Waals surface area contributed by atoms with Crippen LogP contribution in [-0.2, 0) is 0 Å². The monoisotopic (exact) mass is 309 g/mol. The highest BCUT2D eigenvalue weighted by atomic mass is 32.2. The molecule has 116 valence electrons. The van der Waals surface area contributed by atoms with E-state index < -0.39 is 0 Å². The summed E-state index contributed by atoms with van der Waals surface area (Å²) in [6, 6.07) is 1.82. The van der Waals surface area contributed by atoms with E-state index in [4.69, 9.17) is 0 Å². The van der Waals surface area contributed by atoms with Gasteiger partial charge in [0.2, 0.25) is 0 Å². The first-order chi connectivity index (χ1) is 9.85. The van der Waals surface area contributed by atoms with Crippen molar-refractivity contribution in [1.82, 2.24) is 15.2 Å². The van der Waals surface area contributed by atoms with Crippen molar-refractivity contribution in [1.29, 1.82) is 0 Å². The second-order valence-corrected chi connectivity index (χ2v) is 7.05. The number of nitrogens with zero attached hydrogens (tertiary/aromatic N) is 1. The highest BCUT2D eigenvalue weighted by Crippen LogP contribution is 2.31. The van der Waals surface area contributed by atoms with E-state index in [2.05, 4.69) is 15.2 Å². The quantitative estimate of drug-likeness (QED) is 0.876. The molecule has 21 heavy (non-hydrogen) atoms. The minimum absolute atomic E-state index is 0.00824. The lowest BCUT2D eigenvalue weighted by Gasteiger charge is -2.35. The van der Waals surface area contributed by atoms with E-state index in [0.29, 0.717) is 12.1 Å². The largest absolute Gasteiger partial charge is 0.350 e. The Balaban J connectivity index is 2.14. The maximum Gasteiger partial charge on any atom is 0.261 e. The third kappa shape index (κ3) is 3.32. The van der Waals surface area contributed by atoms with Crippen molar-refractivity contribution in [2.24, 2.45) is 0 Å². The van der Waals surface area contributed by atoms with E-state index >= 15 is 0 Å². The van der Waals surface area contributed by atoms with Gasteiger partial charge in [-0.15, -0.1) is 0 Å². The lowest BCUT2D eigenvalue weighted by atomic mass is 9.97. The number of rotatable bonds is 4. The van der Waals surface area contributed by atoms with E-state index in [-0.39, 0.29) is 22.6 Å². The van der Waals surface area contributed by atoms with Crippen LogP contribution in [-0.4, -0.2) is 53.5 Å². The molecule has 1 aromatic rings. The zero-order chi connectivity index (χ0) is 15.6. The van der Waals surface area contributed by atoms with Crippen LogP contribution in [0.5, 0.6) is 0 Å². The summed E-state index contributed by atoms with van der Waals surface area (Å²) in [7, 11) is 4.09. The fourth-order valence-corrected chi connectivity index (χ4v) is 4.27. The predicted molar refractivity (Wildman–Crippen MR) is 87.2 cm³/mol. The number of likely N-dealkylation sites (N-methyl/N-ethyl adjacent to an activating group) is 1. The third-order valence-corrected chi connectivity index (χ3v) is 5.44. The van der Waals surface area contributed by atoms with Gasteiger partial charge in [-0.1, -0.05) is 0 Å². The molecular weight excluding hydrogens is 286 g/mol. The Hall–Kier alpha value is -1.27. The van der Waals surface area contributed by atoms with Gasteiger partial charge in [0.15, 0.2) is 0 Å². The number of nitrogens with one attached hydrogen (secondary N) is 2. The minimum Gasteiger partial charge on any atom is -0.350 e. The zero-order valence-corrected chi connectivity index (χ0v) is 13.9. The molecule has 2 N–H and O–H groups in total. The molecule has 1 aliphatic heterocycles. The van der Waals surface area contributed by atoms with Gasteiger partial charge in [-0.2, -0.15) is 11.8 Å². The Morgan fingerprint density at radius 1 is 1.48 bits per heavy atom. The van der Waals surface area contributed by atoms with Crippen LogP contribution in [0.1, 0.15) is 28.0 Å². The Morgan fingerprint density at radius 2 is 2.19 bits per heavy atom. The Labute approximate surface area is 129 Å². The topological polar surface area (TPSA) is 65.2 Å². The normalized spacial score (nSPS) is 21.8. The molecule has 0 spiro atoms. The van der Waals surface area contributed by atoms with Gasteiger partial charge in [-0.3, -0.25) is 9.59 Å². The average molecular weight is 309 g/mol. The van der Waals surface area contributed by atoms with Crippen LogP contribution < -0.4 is 10.9 Å². The molecule has 2 rings (SSSR count). The van der Waals surface area contributed by atoms with E-state index in [9.17, 15) is 9.59 Å². The number of hydrogen-bond acceptors (Lipinski definition) is 4. The average Bonchev–Trinajstić information content (AvgIpc) is 2.85. The van der Waals surface area contributed by atoms with Gasteiger partial charge in [0.1, 0.15) is 5.56 Å². The molecule has 0 aliphatic carbocycles. The molecule has 1 aromatic heterocycles. The van der Waals surface area contributed by atoms with Crippen LogP contribution in [0.3, 0.4) is 0 Å². The summed E-state index contributed by atoms with van der Waals surface area (Å²) in [5.41, 5.74) is 1.38. The number of H-pyrrole nitrogens is 1. The summed E-state index contributed by atoms with van der Waals surface area (Å²) >= 11 is 1.90. The minimum atomic E-state index is -0.315. The Kier molecular flexibility index (Phi) is 4.78. The number of aromatic nitrogens is 1. The molecule has 6 heteroatoms. The molecule has 0 bridgehead atoms. The van der Waals surface area contributed by atoms with Gasteiger partial charge in [-0.25, -0.2) is 0 Å². The van der Waals surface area contributed by atoms with Crippen molar-refractivity contribution >= 4 is 17.7 Å². The fraction of sp³-hybridized carbons (Fsp3) is 0.600. The number of carbonyl (C=O) groups excluding carboxylic acids is 1. The van der Waals surface area contributed by atoms with Crippen molar-refractivity contribution in [3.05, 3.63) is 33.2 Å². The Bertz CT molecular complexity index is 589. The predicted octanol–water partition coefficient (Wildman–Crippen LogP) is 1.16. The lowest BCUT2D eigenvalue weighted by molar-refractivity contribution is 0.0912. The van der Waals surface area contributed by atoms with Gasteiger partial charge in [0.05, 0.1) is 0 Å². The molecule has 1 unspecified atom stereocenters. The van der Waals surface area contributed by atoms with Gasteiger partial charge in [-0.05, 0) is 51.7 Å². The number of aromatic amines is 1. The molecule has 1 fully saturated rings. The summed E-state index contributed by atoms with van der Waals surface area (Å²) in [6.45, 7) is 4.18. The van der Waals surface area contributed by atoms with E-state index in [1.807, 2.05) is 38.8 Å². The number of hydrogen-bond donors (Lipinski definition) is 2. The third-order valence-electron chi connectivity index (χ3n) is 4.20. The second kappa shape index (κ2) is 6.23. The van der Waals surface area contributed by atoms with Crippen LogP contribution in [0.4, 0.5) is 0 Å².